The highest BCUT2D eigenvalue weighted by molar-refractivity contribution is 6.18. The van der Waals surface area contributed by atoms with Crippen molar-refractivity contribution in [2.45, 2.75) is 12.3 Å². The molecular weight excluding hydrogens is 374 g/mol. The molecule has 2 aliphatic heterocycles. The summed E-state index contributed by atoms with van der Waals surface area (Å²) in [6.45, 7) is 5.58. The normalized spacial score (nSPS) is 19.7. The Hall–Kier alpha value is -3.81. The molecule has 2 aliphatic rings. The molecule has 29 heavy (non-hydrogen) atoms. The summed E-state index contributed by atoms with van der Waals surface area (Å²) in [5, 5.41) is 0. The number of pyridine rings is 1. The number of nitrogens with two attached hydrogens (primary N) is 1. The van der Waals surface area contributed by atoms with E-state index in [1.807, 2.05) is 0 Å². The maximum absolute atomic E-state index is 13.9. The van der Waals surface area contributed by atoms with E-state index in [4.69, 9.17) is 15.2 Å². The first-order chi connectivity index (χ1) is 13.9. The van der Waals surface area contributed by atoms with Gasteiger partial charge in [-0.2, -0.15) is 0 Å². The molecule has 8 heteroatoms. The van der Waals surface area contributed by atoms with Crippen molar-refractivity contribution in [2.24, 2.45) is 5.73 Å². The van der Waals surface area contributed by atoms with Crippen LogP contribution in [0.2, 0.25) is 0 Å². The number of ether oxygens (including phenoxy) is 2. The number of fused-ring (bicyclic) bond motifs is 4. The van der Waals surface area contributed by atoms with Crippen LogP contribution in [-0.4, -0.2) is 30.5 Å². The molecule has 0 unspecified atom stereocenters. The van der Waals surface area contributed by atoms with Crippen LogP contribution >= 0.6 is 0 Å². The second kappa shape index (κ2) is 6.37. The zero-order valence-electron chi connectivity index (χ0n) is 15.9. The average Bonchev–Trinajstić information content (AvgIpc) is 2.91. The van der Waals surface area contributed by atoms with Crippen molar-refractivity contribution in [2.75, 3.05) is 18.6 Å². The van der Waals surface area contributed by atoms with Crippen LogP contribution in [0.25, 0.3) is 0 Å². The Bertz CT molecular complexity index is 1160. The Morgan fingerprint density at radius 1 is 1.38 bits per heavy atom. The molecule has 1 amide bonds. The Morgan fingerprint density at radius 2 is 2.10 bits per heavy atom. The van der Waals surface area contributed by atoms with Gasteiger partial charge in [-0.05, 0) is 13.0 Å². The van der Waals surface area contributed by atoms with Crippen LogP contribution in [0, 0.1) is 6.92 Å². The van der Waals surface area contributed by atoms with Crippen molar-refractivity contribution >= 4 is 17.6 Å². The second-order valence-electron chi connectivity index (χ2n) is 6.83. The van der Waals surface area contributed by atoms with E-state index in [1.54, 1.807) is 43.3 Å². The van der Waals surface area contributed by atoms with Gasteiger partial charge in [-0.3, -0.25) is 9.59 Å². The lowest BCUT2D eigenvalue weighted by Gasteiger charge is -2.35. The third-order valence-corrected chi connectivity index (χ3v) is 5.21. The minimum Gasteiger partial charge on any atom is -0.465 e. The molecule has 0 fully saturated rings. The van der Waals surface area contributed by atoms with Crippen LogP contribution in [-0.2, 0) is 19.7 Å². The van der Waals surface area contributed by atoms with E-state index >= 15 is 0 Å². The van der Waals surface area contributed by atoms with Crippen LogP contribution < -0.4 is 20.9 Å². The molecule has 0 saturated carbocycles. The number of para-hydroxylation sites is 1. The van der Waals surface area contributed by atoms with Crippen molar-refractivity contribution < 1.29 is 19.1 Å². The summed E-state index contributed by atoms with van der Waals surface area (Å²) in [7, 11) is 1.18. The quantitative estimate of drug-likeness (QED) is 0.599. The molecule has 0 aliphatic carbocycles. The van der Waals surface area contributed by atoms with E-state index in [2.05, 4.69) is 11.6 Å². The van der Waals surface area contributed by atoms with E-state index in [1.165, 1.54) is 12.0 Å². The molecule has 0 radical (unpaired) electrons. The number of esters is 1. The lowest BCUT2D eigenvalue weighted by molar-refractivity contribution is -0.138. The van der Waals surface area contributed by atoms with Crippen molar-refractivity contribution in [1.82, 2.24) is 4.98 Å². The maximum Gasteiger partial charge on any atom is 0.340 e. The highest BCUT2D eigenvalue weighted by Gasteiger charge is 2.62. The number of anilines is 1. The monoisotopic (exact) mass is 393 g/mol. The largest absolute Gasteiger partial charge is 0.465 e. The summed E-state index contributed by atoms with van der Waals surface area (Å²) in [6, 6.07) is 8.51. The van der Waals surface area contributed by atoms with Gasteiger partial charge in [0.25, 0.3) is 5.56 Å². The zero-order chi connectivity index (χ0) is 20.9. The summed E-state index contributed by atoms with van der Waals surface area (Å²) in [4.78, 5) is 43.9. The number of hydrogen-bond acceptors (Lipinski definition) is 6. The molecule has 1 spiro atoms. The summed E-state index contributed by atoms with van der Waals surface area (Å²) in [5.74, 6) is -1.50. The van der Waals surface area contributed by atoms with Gasteiger partial charge in [0.05, 0.1) is 12.7 Å². The number of carbonyl (C=O) groups is 2. The molecule has 2 aromatic rings. The number of aryl methyl sites for hydroxylation is 1. The van der Waals surface area contributed by atoms with Crippen molar-refractivity contribution in [1.29, 1.82) is 0 Å². The van der Waals surface area contributed by atoms with Gasteiger partial charge in [0, 0.05) is 29.6 Å². The number of aromatic amines is 1. The van der Waals surface area contributed by atoms with Gasteiger partial charge in [0.1, 0.15) is 16.7 Å². The number of nitrogens with one attached hydrogen (secondary N) is 1. The average molecular weight is 393 g/mol. The Labute approximate surface area is 166 Å². The van der Waals surface area contributed by atoms with Gasteiger partial charge < -0.3 is 25.1 Å². The number of carbonyl (C=O) groups excluding carboxylic acids is 2. The van der Waals surface area contributed by atoms with E-state index in [9.17, 15) is 14.4 Å². The summed E-state index contributed by atoms with van der Waals surface area (Å²) in [6.07, 6.45) is 1.57. The molecule has 3 N–H and O–H groups in total. The molecule has 148 valence electrons. The fourth-order valence-corrected chi connectivity index (χ4v) is 4.18. The zero-order valence-corrected chi connectivity index (χ0v) is 15.9. The fraction of sp³-hybridized carbons (Fsp3) is 0.190. The van der Waals surface area contributed by atoms with Crippen molar-refractivity contribution in [3.05, 3.63) is 81.6 Å². The maximum atomic E-state index is 13.9. The van der Waals surface area contributed by atoms with Gasteiger partial charge in [0.2, 0.25) is 11.8 Å². The van der Waals surface area contributed by atoms with Gasteiger partial charge in [-0.25, -0.2) is 4.79 Å². The topological polar surface area (TPSA) is 115 Å². The predicted octanol–water partition coefficient (Wildman–Crippen LogP) is 1.24. The third-order valence-electron chi connectivity index (χ3n) is 5.21. The smallest absolute Gasteiger partial charge is 0.340 e. The van der Waals surface area contributed by atoms with Gasteiger partial charge in [-0.1, -0.05) is 24.3 Å². The molecule has 1 aromatic carbocycles. The van der Waals surface area contributed by atoms with Gasteiger partial charge in [-0.15, -0.1) is 6.58 Å². The van der Waals surface area contributed by atoms with Crippen LogP contribution in [0.3, 0.4) is 0 Å². The second-order valence-corrected chi connectivity index (χ2v) is 6.83. The Kier molecular flexibility index (Phi) is 4.07. The molecule has 4 rings (SSSR count). The molecular formula is C21H19N3O5. The predicted molar refractivity (Wildman–Crippen MR) is 105 cm³/mol. The Morgan fingerprint density at radius 3 is 2.79 bits per heavy atom. The lowest BCUT2D eigenvalue weighted by Crippen LogP contribution is -2.51. The van der Waals surface area contributed by atoms with Crippen LogP contribution in [0.5, 0.6) is 5.75 Å². The molecule has 8 nitrogen and oxygen atoms in total. The third kappa shape index (κ3) is 2.29. The van der Waals surface area contributed by atoms with Gasteiger partial charge in [0.15, 0.2) is 0 Å². The van der Waals surface area contributed by atoms with Crippen molar-refractivity contribution in [3.8, 4) is 5.75 Å². The lowest BCUT2D eigenvalue weighted by atomic mass is 9.68. The number of aromatic nitrogens is 1. The number of benzene rings is 1. The molecule has 1 aromatic heterocycles. The first-order valence-corrected chi connectivity index (χ1v) is 8.91. The first-order valence-electron chi connectivity index (χ1n) is 8.91. The SMILES string of the molecule is C=CCN1C(=O)[C@]2(C(C(=O)OC)=C(N)Oc3cc(C)[nH]c(=O)c32)c2ccccc21. The molecule has 3 heterocycles. The van der Waals surface area contributed by atoms with Gasteiger partial charge >= 0.3 is 5.97 Å². The minimum atomic E-state index is -1.79. The first kappa shape index (κ1) is 18.5. The molecule has 1 atom stereocenters. The van der Waals surface area contributed by atoms with Crippen LogP contribution in [0.4, 0.5) is 5.69 Å². The highest BCUT2D eigenvalue weighted by atomic mass is 16.5. The number of amides is 1. The van der Waals surface area contributed by atoms with E-state index in [-0.39, 0.29) is 29.3 Å². The van der Waals surface area contributed by atoms with Crippen LogP contribution in [0.1, 0.15) is 16.8 Å². The number of rotatable bonds is 3. The number of methoxy groups -OCH3 is 1. The van der Waals surface area contributed by atoms with E-state index in [0.717, 1.165) is 0 Å². The van der Waals surface area contributed by atoms with E-state index in [0.29, 0.717) is 16.9 Å². The fourth-order valence-electron chi connectivity index (χ4n) is 4.18. The summed E-state index contributed by atoms with van der Waals surface area (Å²) >= 11 is 0. The standard InChI is InChI=1S/C21H19N3O5/c1-4-9-24-13-8-6-5-7-12(13)21(20(24)27)15-14(10-11(2)23-18(15)25)29-17(22)16(21)19(26)28-3/h4-8,10H,1,9,22H2,2-3H3,(H,23,25)/t21-/m1/s1. The minimum absolute atomic E-state index is 0.00159. The highest BCUT2D eigenvalue weighted by Crippen LogP contribution is 2.54. The molecule has 0 bridgehead atoms. The summed E-state index contributed by atoms with van der Waals surface area (Å²) in [5.41, 5.74) is 5.11. The number of hydrogen-bond donors (Lipinski definition) is 2. The Balaban J connectivity index is 2.20. The number of H-pyrrole nitrogens is 1. The summed E-state index contributed by atoms with van der Waals surface area (Å²) < 4.78 is 10.5. The van der Waals surface area contributed by atoms with Crippen LogP contribution in [0.15, 0.2) is 59.2 Å². The number of nitrogens with zero attached hydrogens (tertiary/aromatic N) is 1. The van der Waals surface area contributed by atoms with Crippen molar-refractivity contribution in [3.63, 3.8) is 0 Å². The van der Waals surface area contributed by atoms with E-state index < -0.39 is 22.9 Å². The molecule has 0 saturated heterocycles.